The predicted octanol–water partition coefficient (Wildman–Crippen LogP) is 3.68. The molecule has 0 radical (unpaired) electrons. The summed E-state index contributed by atoms with van der Waals surface area (Å²) < 4.78 is 0.927. The average molecular weight is 290 g/mol. The van der Waals surface area contributed by atoms with Crippen LogP contribution in [0.4, 0.5) is 0 Å². The number of phenols is 1. The Labute approximate surface area is 93.3 Å². The minimum atomic E-state index is 0.202. The van der Waals surface area contributed by atoms with Gasteiger partial charge >= 0.3 is 0 Å². The summed E-state index contributed by atoms with van der Waals surface area (Å²) in [4.78, 5) is 0. The fourth-order valence-corrected chi connectivity index (χ4v) is 1.65. The van der Waals surface area contributed by atoms with Crippen molar-refractivity contribution in [2.75, 3.05) is 0 Å². The van der Waals surface area contributed by atoms with Crippen molar-refractivity contribution in [1.29, 1.82) is 0 Å². The molecule has 0 atom stereocenters. The van der Waals surface area contributed by atoms with Crippen molar-refractivity contribution < 1.29 is 5.11 Å². The molecule has 0 heterocycles. The van der Waals surface area contributed by atoms with Crippen LogP contribution in [0, 0.1) is 3.57 Å². The van der Waals surface area contributed by atoms with E-state index in [2.05, 4.69) is 49.4 Å². The third-order valence-corrected chi connectivity index (χ3v) is 3.48. The lowest BCUT2D eigenvalue weighted by molar-refractivity contribution is 0.467. The van der Waals surface area contributed by atoms with Crippen LogP contribution in [0.25, 0.3) is 0 Å². The van der Waals surface area contributed by atoms with Gasteiger partial charge in [0.1, 0.15) is 5.75 Å². The molecular weight excluding hydrogens is 275 g/mol. The van der Waals surface area contributed by atoms with Crippen molar-refractivity contribution in [3.63, 3.8) is 0 Å². The summed E-state index contributed by atoms with van der Waals surface area (Å²) in [5.74, 6) is 0.372. The summed E-state index contributed by atoms with van der Waals surface area (Å²) in [5, 5.41) is 9.37. The van der Waals surface area contributed by atoms with Gasteiger partial charge in [0.25, 0.3) is 0 Å². The number of rotatable bonds is 2. The molecule has 0 spiro atoms. The van der Waals surface area contributed by atoms with E-state index in [1.54, 1.807) is 6.07 Å². The van der Waals surface area contributed by atoms with Crippen LogP contribution in [-0.4, -0.2) is 5.11 Å². The van der Waals surface area contributed by atoms with E-state index in [0.29, 0.717) is 5.75 Å². The highest BCUT2D eigenvalue weighted by Gasteiger charge is 2.18. The Kier molecular flexibility index (Phi) is 3.22. The van der Waals surface area contributed by atoms with Gasteiger partial charge in [0, 0.05) is 0 Å². The fourth-order valence-electron chi connectivity index (χ4n) is 1.13. The molecular formula is C11H15IO. The van der Waals surface area contributed by atoms with Crippen LogP contribution in [0.2, 0.25) is 0 Å². The van der Waals surface area contributed by atoms with Crippen LogP contribution >= 0.6 is 22.6 Å². The monoisotopic (exact) mass is 290 g/mol. The molecule has 1 aromatic carbocycles. The number of hydrogen-bond acceptors (Lipinski definition) is 1. The summed E-state index contributed by atoms with van der Waals surface area (Å²) >= 11 is 2.16. The largest absolute Gasteiger partial charge is 0.507 e. The van der Waals surface area contributed by atoms with E-state index in [1.165, 1.54) is 5.56 Å². The van der Waals surface area contributed by atoms with E-state index in [4.69, 9.17) is 0 Å². The van der Waals surface area contributed by atoms with E-state index in [9.17, 15) is 5.11 Å². The van der Waals surface area contributed by atoms with E-state index < -0.39 is 0 Å². The Morgan fingerprint density at radius 1 is 1.38 bits per heavy atom. The molecule has 1 N–H and O–H groups in total. The molecule has 0 unspecified atom stereocenters. The van der Waals surface area contributed by atoms with Gasteiger partial charge in [-0.25, -0.2) is 0 Å². The summed E-state index contributed by atoms with van der Waals surface area (Å²) in [6.45, 7) is 6.62. The van der Waals surface area contributed by atoms with Crippen LogP contribution in [0.15, 0.2) is 18.2 Å². The van der Waals surface area contributed by atoms with Gasteiger partial charge < -0.3 is 5.11 Å². The van der Waals surface area contributed by atoms with Crippen LogP contribution < -0.4 is 0 Å². The normalized spacial score (nSPS) is 11.7. The topological polar surface area (TPSA) is 20.2 Å². The highest BCUT2D eigenvalue weighted by molar-refractivity contribution is 14.1. The molecule has 0 bridgehead atoms. The molecule has 0 aromatic heterocycles. The molecule has 0 aliphatic heterocycles. The number of aromatic hydroxyl groups is 1. The van der Waals surface area contributed by atoms with E-state index in [-0.39, 0.29) is 5.41 Å². The minimum absolute atomic E-state index is 0.202. The molecule has 2 heteroatoms. The second-order valence-corrected chi connectivity index (χ2v) is 5.07. The lowest BCUT2D eigenvalue weighted by Gasteiger charge is -2.23. The Balaban J connectivity index is 3.10. The first kappa shape index (κ1) is 10.8. The van der Waals surface area contributed by atoms with Gasteiger partial charge in [0.05, 0.1) is 3.57 Å². The number of phenolic OH excluding ortho intramolecular Hbond substituents is 1. The second kappa shape index (κ2) is 3.86. The maximum atomic E-state index is 9.37. The Hall–Kier alpha value is -0.250. The quantitative estimate of drug-likeness (QED) is 0.824. The molecule has 72 valence electrons. The molecule has 0 aliphatic rings. The highest BCUT2D eigenvalue weighted by atomic mass is 127. The zero-order valence-electron chi connectivity index (χ0n) is 8.26. The van der Waals surface area contributed by atoms with Gasteiger partial charge in [-0.05, 0) is 52.1 Å². The van der Waals surface area contributed by atoms with Crippen LogP contribution in [0.3, 0.4) is 0 Å². The second-order valence-electron chi connectivity index (χ2n) is 3.90. The third-order valence-electron chi connectivity index (χ3n) is 2.61. The predicted molar refractivity (Wildman–Crippen MR) is 64.1 cm³/mol. The van der Waals surface area contributed by atoms with E-state index in [1.807, 2.05) is 6.07 Å². The molecule has 1 nitrogen and oxygen atoms in total. The number of halogens is 1. The first-order valence-corrected chi connectivity index (χ1v) is 5.54. The number of hydrogen-bond donors (Lipinski definition) is 1. The van der Waals surface area contributed by atoms with E-state index in [0.717, 1.165) is 9.99 Å². The maximum absolute atomic E-state index is 9.37. The molecule has 1 aromatic rings. The van der Waals surface area contributed by atoms with Gasteiger partial charge in [-0.2, -0.15) is 0 Å². The van der Waals surface area contributed by atoms with Crippen molar-refractivity contribution in [2.24, 2.45) is 0 Å². The van der Waals surface area contributed by atoms with Crippen molar-refractivity contribution >= 4 is 22.6 Å². The molecule has 0 fully saturated rings. The molecule has 0 saturated heterocycles. The third kappa shape index (κ3) is 2.36. The zero-order chi connectivity index (χ0) is 10.1. The fraction of sp³-hybridized carbons (Fsp3) is 0.455. The molecule has 0 amide bonds. The van der Waals surface area contributed by atoms with E-state index >= 15 is 0 Å². The summed E-state index contributed by atoms with van der Waals surface area (Å²) in [6, 6.07) is 5.83. The summed E-state index contributed by atoms with van der Waals surface area (Å²) in [5.41, 5.74) is 1.49. The molecule has 0 saturated carbocycles. The molecule has 0 aliphatic carbocycles. The summed E-state index contributed by atoms with van der Waals surface area (Å²) in [7, 11) is 0. The van der Waals surface area contributed by atoms with Crippen molar-refractivity contribution in [3.8, 4) is 5.75 Å². The number of benzene rings is 1. The smallest absolute Gasteiger partial charge is 0.128 e. The first-order chi connectivity index (χ1) is 5.97. The van der Waals surface area contributed by atoms with Crippen molar-refractivity contribution in [1.82, 2.24) is 0 Å². The zero-order valence-corrected chi connectivity index (χ0v) is 10.4. The Bertz CT molecular complexity index is 305. The summed E-state index contributed by atoms with van der Waals surface area (Å²) in [6.07, 6.45) is 1.11. The van der Waals surface area contributed by atoms with Gasteiger partial charge in [-0.1, -0.05) is 26.8 Å². The highest BCUT2D eigenvalue weighted by Crippen LogP contribution is 2.30. The SMILES string of the molecule is CCC(C)(C)c1ccc(O)c(I)c1. The minimum Gasteiger partial charge on any atom is -0.507 e. The van der Waals surface area contributed by atoms with Crippen LogP contribution in [-0.2, 0) is 5.41 Å². The maximum Gasteiger partial charge on any atom is 0.128 e. The Morgan fingerprint density at radius 2 is 2.00 bits per heavy atom. The molecule has 13 heavy (non-hydrogen) atoms. The van der Waals surface area contributed by atoms with Gasteiger partial charge in [0.15, 0.2) is 0 Å². The average Bonchev–Trinajstić information content (AvgIpc) is 2.09. The Morgan fingerprint density at radius 3 is 2.46 bits per heavy atom. The molecule has 1 rings (SSSR count). The van der Waals surface area contributed by atoms with Crippen molar-refractivity contribution in [2.45, 2.75) is 32.6 Å². The van der Waals surface area contributed by atoms with Gasteiger partial charge in [-0.3, -0.25) is 0 Å². The van der Waals surface area contributed by atoms with Gasteiger partial charge in [0.2, 0.25) is 0 Å². The standard InChI is InChI=1S/C11H15IO/c1-4-11(2,3)8-5-6-10(13)9(12)7-8/h5-7,13H,4H2,1-3H3. The van der Waals surface area contributed by atoms with Crippen LogP contribution in [0.1, 0.15) is 32.8 Å². The van der Waals surface area contributed by atoms with Crippen molar-refractivity contribution in [3.05, 3.63) is 27.3 Å². The lowest BCUT2D eigenvalue weighted by Crippen LogP contribution is -2.15. The first-order valence-electron chi connectivity index (χ1n) is 4.46. The lowest BCUT2D eigenvalue weighted by atomic mass is 9.82. The van der Waals surface area contributed by atoms with Crippen LogP contribution in [0.5, 0.6) is 5.75 Å². The van der Waals surface area contributed by atoms with Gasteiger partial charge in [-0.15, -0.1) is 0 Å².